The van der Waals surface area contributed by atoms with Crippen LogP contribution in [0, 0.1) is 0 Å². The van der Waals surface area contributed by atoms with Crippen molar-refractivity contribution in [1.82, 2.24) is 9.21 Å². The van der Waals surface area contributed by atoms with E-state index < -0.39 is 10.0 Å². The minimum Gasteiger partial charge on any atom is -0.378 e. The van der Waals surface area contributed by atoms with E-state index in [1.54, 1.807) is 31.3 Å². The SMILES string of the molecule is CCCCCN(C)CCCCCCO[C@H]1CC[C@H](N(C)S(=O)(=O)c2ccc(Cl)cc2)CC1. The molecule has 0 spiro atoms. The van der Waals surface area contributed by atoms with Crippen molar-refractivity contribution in [2.24, 2.45) is 0 Å². The standard InChI is InChI=1S/C25H43ClN2O3S/c1-4-5-8-19-27(2)20-9-6-7-10-21-31-24-15-13-23(14-16-24)28(3)32(29,30)25-17-11-22(26)12-18-25/h11-12,17-18,23-24H,4-10,13-16,19-21H2,1-3H3/t23-,24-. The largest absolute Gasteiger partial charge is 0.378 e. The monoisotopic (exact) mass is 486 g/mol. The van der Waals surface area contributed by atoms with Gasteiger partial charge in [0, 0.05) is 24.7 Å². The summed E-state index contributed by atoms with van der Waals surface area (Å²) in [7, 11) is 0.436. The third-order valence-corrected chi connectivity index (χ3v) is 8.76. The Morgan fingerprint density at radius 3 is 2.12 bits per heavy atom. The van der Waals surface area contributed by atoms with Gasteiger partial charge in [-0.15, -0.1) is 0 Å². The molecule has 1 aromatic carbocycles. The molecule has 0 amide bonds. The maximum Gasteiger partial charge on any atom is 0.243 e. The van der Waals surface area contributed by atoms with Gasteiger partial charge >= 0.3 is 0 Å². The van der Waals surface area contributed by atoms with Crippen LogP contribution in [-0.4, -0.2) is 63.6 Å². The van der Waals surface area contributed by atoms with Gasteiger partial charge in [0.05, 0.1) is 11.0 Å². The number of unbranched alkanes of at least 4 members (excludes halogenated alkanes) is 5. The minimum absolute atomic E-state index is 0.0323. The molecule has 1 aliphatic rings. The van der Waals surface area contributed by atoms with Gasteiger partial charge in [-0.3, -0.25) is 0 Å². The van der Waals surface area contributed by atoms with Crippen molar-refractivity contribution in [2.45, 2.75) is 94.6 Å². The smallest absolute Gasteiger partial charge is 0.243 e. The van der Waals surface area contributed by atoms with E-state index in [1.807, 2.05) is 0 Å². The van der Waals surface area contributed by atoms with Crippen LogP contribution < -0.4 is 0 Å². The zero-order valence-corrected chi connectivity index (χ0v) is 21.8. The van der Waals surface area contributed by atoms with Crippen molar-refractivity contribution >= 4 is 21.6 Å². The second-order valence-corrected chi connectivity index (χ2v) is 11.6. The first-order chi connectivity index (χ1) is 15.3. The van der Waals surface area contributed by atoms with E-state index in [2.05, 4.69) is 18.9 Å². The highest BCUT2D eigenvalue weighted by molar-refractivity contribution is 7.89. The van der Waals surface area contributed by atoms with Crippen LogP contribution in [0.4, 0.5) is 0 Å². The Hall–Kier alpha value is -0.660. The number of halogens is 1. The van der Waals surface area contributed by atoms with Crippen LogP contribution in [0.3, 0.4) is 0 Å². The number of ether oxygens (including phenoxy) is 1. The van der Waals surface area contributed by atoms with Gasteiger partial charge in [-0.25, -0.2) is 8.42 Å². The fourth-order valence-corrected chi connectivity index (χ4v) is 5.92. The number of sulfonamides is 1. The predicted molar refractivity (Wildman–Crippen MR) is 134 cm³/mol. The van der Waals surface area contributed by atoms with Gasteiger partial charge in [-0.05, 0) is 89.3 Å². The van der Waals surface area contributed by atoms with Crippen LogP contribution in [-0.2, 0) is 14.8 Å². The van der Waals surface area contributed by atoms with Crippen LogP contribution in [0.5, 0.6) is 0 Å². The molecule has 0 N–H and O–H groups in total. The van der Waals surface area contributed by atoms with Crippen LogP contribution in [0.1, 0.15) is 77.6 Å². The van der Waals surface area contributed by atoms with Crippen LogP contribution in [0.2, 0.25) is 5.02 Å². The second kappa shape index (κ2) is 14.6. The van der Waals surface area contributed by atoms with E-state index in [0.29, 0.717) is 9.92 Å². The summed E-state index contributed by atoms with van der Waals surface area (Å²) in [4.78, 5) is 2.75. The Morgan fingerprint density at radius 1 is 0.906 bits per heavy atom. The van der Waals surface area contributed by atoms with Gasteiger partial charge in [0.25, 0.3) is 0 Å². The quantitative estimate of drug-likeness (QED) is 0.286. The van der Waals surface area contributed by atoms with Crippen molar-refractivity contribution in [2.75, 3.05) is 33.8 Å². The van der Waals surface area contributed by atoms with Gasteiger partial charge < -0.3 is 9.64 Å². The maximum atomic E-state index is 12.9. The Bertz CT molecular complexity index is 734. The first-order valence-corrected chi connectivity index (χ1v) is 14.2. The van der Waals surface area contributed by atoms with E-state index in [0.717, 1.165) is 38.7 Å². The summed E-state index contributed by atoms with van der Waals surface area (Å²) in [5.74, 6) is 0. The summed E-state index contributed by atoms with van der Waals surface area (Å²) in [5, 5.41) is 0.541. The van der Waals surface area contributed by atoms with Gasteiger partial charge in [0.2, 0.25) is 10.0 Å². The molecule has 1 aliphatic carbocycles. The zero-order chi connectivity index (χ0) is 23.4. The highest BCUT2D eigenvalue weighted by Crippen LogP contribution is 2.28. The second-order valence-electron chi connectivity index (χ2n) is 9.20. The molecule has 0 radical (unpaired) electrons. The Labute approximate surface area is 201 Å². The molecule has 7 heteroatoms. The van der Waals surface area contributed by atoms with Crippen molar-refractivity contribution in [3.05, 3.63) is 29.3 Å². The predicted octanol–water partition coefficient (Wildman–Crippen LogP) is 5.97. The van der Waals surface area contributed by atoms with E-state index in [1.165, 1.54) is 55.9 Å². The highest BCUT2D eigenvalue weighted by Gasteiger charge is 2.31. The summed E-state index contributed by atoms with van der Waals surface area (Å²) in [6.45, 7) is 5.48. The summed E-state index contributed by atoms with van der Waals surface area (Å²) in [5.41, 5.74) is 0. The van der Waals surface area contributed by atoms with E-state index in [9.17, 15) is 8.42 Å². The molecule has 1 saturated carbocycles. The van der Waals surface area contributed by atoms with Gasteiger partial charge in [0.1, 0.15) is 0 Å². The Balaban J connectivity index is 1.58. The molecular formula is C25H43ClN2O3S. The number of nitrogens with zero attached hydrogens (tertiary/aromatic N) is 2. The molecule has 5 nitrogen and oxygen atoms in total. The third-order valence-electron chi connectivity index (χ3n) is 6.58. The van der Waals surface area contributed by atoms with Crippen molar-refractivity contribution in [1.29, 1.82) is 0 Å². The van der Waals surface area contributed by atoms with Crippen molar-refractivity contribution < 1.29 is 13.2 Å². The molecule has 0 aliphatic heterocycles. The number of hydrogen-bond donors (Lipinski definition) is 0. The molecular weight excluding hydrogens is 444 g/mol. The molecule has 0 unspecified atom stereocenters. The van der Waals surface area contributed by atoms with Crippen LogP contribution in [0.25, 0.3) is 0 Å². The maximum absolute atomic E-state index is 12.9. The highest BCUT2D eigenvalue weighted by atomic mass is 35.5. The normalized spacial score (nSPS) is 19.7. The van der Waals surface area contributed by atoms with E-state index in [-0.39, 0.29) is 12.1 Å². The van der Waals surface area contributed by atoms with E-state index in [4.69, 9.17) is 16.3 Å². The third kappa shape index (κ3) is 9.30. The lowest BCUT2D eigenvalue weighted by atomic mass is 9.93. The minimum atomic E-state index is -3.49. The Morgan fingerprint density at radius 2 is 1.50 bits per heavy atom. The number of benzene rings is 1. The topological polar surface area (TPSA) is 49.9 Å². The van der Waals surface area contributed by atoms with Gasteiger partial charge in [0.15, 0.2) is 0 Å². The molecule has 2 rings (SSSR count). The molecule has 184 valence electrons. The molecule has 32 heavy (non-hydrogen) atoms. The van der Waals surface area contributed by atoms with Crippen LogP contribution >= 0.6 is 11.6 Å². The first kappa shape index (κ1) is 27.6. The average Bonchev–Trinajstić information content (AvgIpc) is 2.79. The lowest BCUT2D eigenvalue weighted by Crippen LogP contribution is -2.40. The van der Waals surface area contributed by atoms with Crippen molar-refractivity contribution in [3.63, 3.8) is 0 Å². The van der Waals surface area contributed by atoms with Crippen molar-refractivity contribution in [3.8, 4) is 0 Å². The first-order valence-electron chi connectivity index (χ1n) is 12.4. The van der Waals surface area contributed by atoms with Gasteiger partial charge in [-0.1, -0.05) is 44.2 Å². The van der Waals surface area contributed by atoms with Crippen LogP contribution in [0.15, 0.2) is 29.2 Å². The fourth-order valence-electron chi connectivity index (χ4n) is 4.38. The molecule has 0 saturated heterocycles. The lowest BCUT2D eigenvalue weighted by Gasteiger charge is -2.34. The molecule has 1 fully saturated rings. The summed E-state index contributed by atoms with van der Waals surface area (Å²) in [6, 6.07) is 6.43. The zero-order valence-electron chi connectivity index (χ0n) is 20.3. The Kier molecular flexibility index (Phi) is 12.6. The number of rotatable bonds is 15. The summed E-state index contributed by atoms with van der Waals surface area (Å²) >= 11 is 5.89. The van der Waals surface area contributed by atoms with E-state index >= 15 is 0 Å². The fraction of sp³-hybridized carbons (Fsp3) is 0.760. The summed E-state index contributed by atoms with van der Waals surface area (Å²) in [6.07, 6.45) is 12.6. The lowest BCUT2D eigenvalue weighted by molar-refractivity contribution is 0.0156. The molecule has 1 aromatic rings. The molecule has 0 aromatic heterocycles. The summed E-state index contributed by atoms with van der Waals surface area (Å²) < 4.78 is 33.4. The van der Waals surface area contributed by atoms with Gasteiger partial charge in [-0.2, -0.15) is 4.31 Å². The number of hydrogen-bond acceptors (Lipinski definition) is 4. The molecule has 0 atom stereocenters. The molecule has 0 heterocycles. The average molecular weight is 487 g/mol. The molecule has 0 bridgehead atoms.